The third kappa shape index (κ3) is 2.06. The van der Waals surface area contributed by atoms with Crippen molar-refractivity contribution in [1.82, 2.24) is 9.38 Å². The molecule has 2 aromatic rings. The van der Waals surface area contributed by atoms with Crippen LogP contribution in [0.3, 0.4) is 0 Å². The van der Waals surface area contributed by atoms with Gasteiger partial charge in [0.05, 0.1) is 11.8 Å². The predicted octanol–water partition coefficient (Wildman–Crippen LogP) is 2.10. The molecule has 2 heterocycles. The first kappa shape index (κ1) is 9.36. The topological polar surface area (TPSA) is 37.5 Å². The Bertz CT molecular complexity index is 429. The predicted molar refractivity (Wildman–Crippen MR) is 60.1 cm³/mol. The van der Waals surface area contributed by atoms with Crippen molar-refractivity contribution in [2.24, 2.45) is 5.92 Å². The average Bonchev–Trinajstić information content (AvgIpc) is 2.73. The number of aromatic nitrogens is 2. The lowest BCUT2D eigenvalue weighted by Crippen LogP contribution is -2.11. The molecule has 0 amide bonds. The van der Waals surface area contributed by atoms with Crippen LogP contribution in [-0.2, 0) is 6.42 Å². The van der Waals surface area contributed by atoms with E-state index in [2.05, 4.69) is 4.98 Å². The molecule has 1 atom stereocenters. The Kier molecular flexibility index (Phi) is 2.25. The highest BCUT2D eigenvalue weighted by Gasteiger charge is 2.24. The van der Waals surface area contributed by atoms with E-state index in [-0.39, 0.29) is 6.10 Å². The summed E-state index contributed by atoms with van der Waals surface area (Å²) in [5.41, 5.74) is 1.01. The van der Waals surface area contributed by atoms with Crippen LogP contribution in [0.25, 0.3) is 4.96 Å². The van der Waals surface area contributed by atoms with Crippen LogP contribution in [0.1, 0.15) is 25.0 Å². The summed E-state index contributed by atoms with van der Waals surface area (Å²) in [6.07, 6.45) is 8.06. The van der Waals surface area contributed by atoms with Gasteiger partial charge in [-0.05, 0) is 12.3 Å². The normalized spacial score (nSPS) is 18.5. The maximum Gasteiger partial charge on any atom is 0.193 e. The SMILES string of the molecule is OC(Cc1cn2ccsc2n1)CC1CC1. The fourth-order valence-electron chi connectivity index (χ4n) is 1.94. The second-order valence-corrected chi connectivity index (χ2v) is 5.24. The molecule has 1 saturated carbocycles. The summed E-state index contributed by atoms with van der Waals surface area (Å²) in [5, 5.41) is 11.9. The molecule has 0 aliphatic heterocycles. The van der Waals surface area contributed by atoms with Crippen molar-refractivity contribution in [2.45, 2.75) is 31.8 Å². The smallest absolute Gasteiger partial charge is 0.193 e. The molecule has 4 heteroatoms. The average molecular weight is 222 g/mol. The number of rotatable bonds is 4. The number of fused-ring (bicyclic) bond motifs is 1. The third-order valence-electron chi connectivity index (χ3n) is 2.89. The van der Waals surface area contributed by atoms with E-state index in [0.717, 1.165) is 23.0 Å². The Morgan fingerprint density at radius 3 is 3.20 bits per heavy atom. The highest BCUT2D eigenvalue weighted by molar-refractivity contribution is 7.15. The number of aliphatic hydroxyl groups excluding tert-OH is 1. The number of hydrogen-bond acceptors (Lipinski definition) is 3. The fraction of sp³-hybridized carbons (Fsp3) is 0.545. The van der Waals surface area contributed by atoms with Gasteiger partial charge < -0.3 is 5.11 Å². The molecule has 0 radical (unpaired) electrons. The second kappa shape index (κ2) is 3.61. The van der Waals surface area contributed by atoms with Crippen LogP contribution in [0.4, 0.5) is 0 Å². The molecule has 3 nitrogen and oxygen atoms in total. The van der Waals surface area contributed by atoms with Gasteiger partial charge >= 0.3 is 0 Å². The van der Waals surface area contributed by atoms with Crippen LogP contribution in [0.5, 0.6) is 0 Å². The molecule has 0 aromatic carbocycles. The van der Waals surface area contributed by atoms with E-state index in [1.165, 1.54) is 12.8 Å². The van der Waals surface area contributed by atoms with Crippen molar-refractivity contribution in [3.05, 3.63) is 23.5 Å². The van der Waals surface area contributed by atoms with Gasteiger partial charge in [-0.2, -0.15) is 0 Å². The summed E-state index contributed by atoms with van der Waals surface area (Å²) in [5.74, 6) is 0.781. The largest absolute Gasteiger partial charge is 0.393 e. The summed E-state index contributed by atoms with van der Waals surface area (Å²) in [7, 11) is 0. The van der Waals surface area contributed by atoms with Crippen molar-refractivity contribution in [2.75, 3.05) is 0 Å². The molecule has 0 saturated heterocycles. The van der Waals surface area contributed by atoms with Gasteiger partial charge in [0.15, 0.2) is 4.96 Å². The van der Waals surface area contributed by atoms with Crippen LogP contribution in [0.2, 0.25) is 0 Å². The van der Waals surface area contributed by atoms with Gasteiger partial charge in [-0.1, -0.05) is 12.8 Å². The van der Waals surface area contributed by atoms with Crippen molar-refractivity contribution in [3.63, 3.8) is 0 Å². The van der Waals surface area contributed by atoms with E-state index in [9.17, 15) is 5.11 Å². The Labute approximate surface area is 92.4 Å². The van der Waals surface area contributed by atoms with E-state index >= 15 is 0 Å². The van der Waals surface area contributed by atoms with E-state index in [4.69, 9.17) is 0 Å². The van der Waals surface area contributed by atoms with Crippen LogP contribution in [0, 0.1) is 5.92 Å². The first-order chi connectivity index (χ1) is 7.31. The zero-order valence-corrected chi connectivity index (χ0v) is 9.28. The molecule has 1 fully saturated rings. The van der Waals surface area contributed by atoms with Crippen LogP contribution in [0.15, 0.2) is 17.8 Å². The third-order valence-corrected chi connectivity index (χ3v) is 3.66. The maximum absolute atomic E-state index is 9.83. The van der Waals surface area contributed by atoms with E-state index < -0.39 is 0 Å². The highest BCUT2D eigenvalue weighted by atomic mass is 32.1. The molecular weight excluding hydrogens is 208 g/mol. The molecule has 2 aromatic heterocycles. The van der Waals surface area contributed by atoms with Crippen LogP contribution < -0.4 is 0 Å². The lowest BCUT2D eigenvalue weighted by Gasteiger charge is -2.06. The Hall–Kier alpha value is -0.870. The first-order valence-corrected chi connectivity index (χ1v) is 6.28. The monoisotopic (exact) mass is 222 g/mol. The minimum Gasteiger partial charge on any atom is -0.393 e. The van der Waals surface area contributed by atoms with Crippen molar-refractivity contribution < 1.29 is 5.11 Å². The molecule has 80 valence electrons. The second-order valence-electron chi connectivity index (χ2n) is 4.36. The number of aliphatic hydroxyl groups is 1. The van der Waals surface area contributed by atoms with Gasteiger partial charge in [0, 0.05) is 24.2 Å². The number of hydrogen-bond donors (Lipinski definition) is 1. The van der Waals surface area contributed by atoms with Gasteiger partial charge in [0.25, 0.3) is 0 Å². The van der Waals surface area contributed by atoms with Crippen LogP contribution in [-0.4, -0.2) is 20.6 Å². The van der Waals surface area contributed by atoms with Gasteiger partial charge in [-0.25, -0.2) is 4.98 Å². The summed E-state index contributed by atoms with van der Waals surface area (Å²) < 4.78 is 2.02. The van der Waals surface area contributed by atoms with Gasteiger partial charge in [-0.15, -0.1) is 11.3 Å². The molecule has 1 aliphatic rings. The van der Waals surface area contributed by atoms with Gasteiger partial charge in [-0.3, -0.25) is 4.40 Å². The molecule has 1 N–H and O–H groups in total. The Morgan fingerprint density at radius 2 is 2.47 bits per heavy atom. The Balaban J connectivity index is 1.68. The number of nitrogens with zero attached hydrogens (tertiary/aromatic N) is 2. The van der Waals surface area contributed by atoms with Crippen LogP contribution >= 0.6 is 11.3 Å². The van der Waals surface area contributed by atoms with E-state index in [0.29, 0.717) is 6.42 Å². The molecule has 0 bridgehead atoms. The lowest BCUT2D eigenvalue weighted by atomic mass is 10.1. The van der Waals surface area contributed by atoms with Crippen molar-refractivity contribution >= 4 is 16.3 Å². The molecule has 15 heavy (non-hydrogen) atoms. The number of thiazole rings is 1. The van der Waals surface area contributed by atoms with E-state index in [1.807, 2.05) is 22.2 Å². The van der Waals surface area contributed by atoms with Crippen molar-refractivity contribution in [1.29, 1.82) is 0 Å². The molecule has 1 unspecified atom stereocenters. The fourth-order valence-corrected chi connectivity index (χ4v) is 2.66. The highest BCUT2D eigenvalue weighted by Crippen LogP contribution is 2.34. The van der Waals surface area contributed by atoms with Crippen molar-refractivity contribution in [3.8, 4) is 0 Å². The minimum absolute atomic E-state index is 0.206. The molecular formula is C11H14N2OS. The van der Waals surface area contributed by atoms with Gasteiger partial charge in [0.1, 0.15) is 0 Å². The summed E-state index contributed by atoms with van der Waals surface area (Å²) in [4.78, 5) is 5.48. The Morgan fingerprint density at radius 1 is 1.60 bits per heavy atom. The van der Waals surface area contributed by atoms with Gasteiger partial charge in [0.2, 0.25) is 0 Å². The standard InChI is InChI=1S/C11H14N2OS/c14-10(5-8-1-2-8)6-9-7-13-3-4-15-11(13)12-9/h3-4,7-8,10,14H,1-2,5-6H2. The summed E-state index contributed by atoms with van der Waals surface area (Å²) in [6.45, 7) is 0. The first-order valence-electron chi connectivity index (χ1n) is 5.40. The zero-order chi connectivity index (χ0) is 10.3. The summed E-state index contributed by atoms with van der Waals surface area (Å²) >= 11 is 1.63. The summed E-state index contributed by atoms with van der Waals surface area (Å²) in [6, 6.07) is 0. The molecule has 3 rings (SSSR count). The zero-order valence-electron chi connectivity index (χ0n) is 8.47. The lowest BCUT2D eigenvalue weighted by molar-refractivity contribution is 0.157. The quantitative estimate of drug-likeness (QED) is 0.860. The molecule has 0 spiro atoms. The minimum atomic E-state index is -0.206. The number of imidazole rings is 1. The van der Waals surface area contributed by atoms with E-state index in [1.54, 1.807) is 11.3 Å². The molecule has 1 aliphatic carbocycles. The maximum atomic E-state index is 9.83.